The quantitative estimate of drug-likeness (QED) is 0.697. The van der Waals surface area contributed by atoms with Gasteiger partial charge in [-0.2, -0.15) is 11.8 Å². The van der Waals surface area contributed by atoms with Crippen LogP contribution in [-0.2, 0) is 19.5 Å². The Labute approximate surface area is 184 Å². The minimum absolute atomic E-state index is 0.280. The molecule has 0 aliphatic carbocycles. The zero-order chi connectivity index (χ0) is 20.8. The molecule has 30 heavy (non-hydrogen) atoms. The van der Waals surface area contributed by atoms with Crippen molar-refractivity contribution in [3.63, 3.8) is 0 Å². The summed E-state index contributed by atoms with van der Waals surface area (Å²) in [5, 5.41) is 10.4. The van der Waals surface area contributed by atoms with E-state index in [1.165, 1.54) is 16.7 Å². The first-order valence-corrected chi connectivity index (χ1v) is 11.9. The second-order valence-electron chi connectivity index (χ2n) is 8.09. The molecule has 0 amide bonds. The van der Waals surface area contributed by atoms with Gasteiger partial charge in [-0.15, -0.1) is 0 Å². The maximum absolute atomic E-state index is 10.4. The van der Waals surface area contributed by atoms with Crippen LogP contribution in [0.4, 0.5) is 0 Å². The Morgan fingerprint density at radius 2 is 1.80 bits per heavy atom. The summed E-state index contributed by atoms with van der Waals surface area (Å²) in [4.78, 5) is 4.78. The first-order valence-electron chi connectivity index (χ1n) is 10.8. The van der Waals surface area contributed by atoms with Crippen molar-refractivity contribution in [2.24, 2.45) is 0 Å². The summed E-state index contributed by atoms with van der Waals surface area (Å²) in [7, 11) is 1.67. The van der Waals surface area contributed by atoms with Crippen molar-refractivity contribution >= 4 is 11.8 Å². The third-order valence-corrected chi connectivity index (χ3v) is 6.79. The number of thioether (sulfide) groups is 1. The normalized spacial score (nSPS) is 18.6. The summed E-state index contributed by atoms with van der Waals surface area (Å²) in [6.45, 7) is 5.97. The number of rotatable bonds is 8. The summed E-state index contributed by atoms with van der Waals surface area (Å²) in [6, 6.07) is 14.8. The Hall–Kier alpha value is -1.73. The summed E-state index contributed by atoms with van der Waals surface area (Å²) in [5.74, 6) is 3.71. The molecule has 0 aromatic heterocycles. The van der Waals surface area contributed by atoms with Crippen molar-refractivity contribution < 1.29 is 14.6 Å². The van der Waals surface area contributed by atoms with Crippen LogP contribution in [0, 0.1) is 0 Å². The van der Waals surface area contributed by atoms with E-state index in [0.29, 0.717) is 12.3 Å². The van der Waals surface area contributed by atoms with Crippen LogP contribution in [0.25, 0.3) is 0 Å². The fraction of sp³-hybridized carbons (Fsp3) is 0.500. The molecule has 0 radical (unpaired) electrons. The minimum Gasteiger partial charge on any atom is -0.493 e. The third kappa shape index (κ3) is 5.70. The highest BCUT2D eigenvalue weighted by Gasteiger charge is 2.18. The van der Waals surface area contributed by atoms with Gasteiger partial charge in [0.05, 0.1) is 7.11 Å². The number of aliphatic hydroxyl groups excluding tert-OH is 1. The Kier molecular flexibility index (Phi) is 7.55. The van der Waals surface area contributed by atoms with Crippen LogP contribution < -0.4 is 9.47 Å². The van der Waals surface area contributed by atoms with Gasteiger partial charge in [-0.3, -0.25) is 9.80 Å². The highest BCUT2D eigenvalue weighted by Crippen LogP contribution is 2.29. The van der Waals surface area contributed by atoms with Crippen molar-refractivity contribution in [1.82, 2.24) is 9.80 Å². The summed E-state index contributed by atoms with van der Waals surface area (Å²) in [6.07, 6.45) is 0.605. The largest absolute Gasteiger partial charge is 0.493 e. The lowest BCUT2D eigenvalue weighted by Gasteiger charge is -2.29. The molecule has 162 valence electrons. The lowest BCUT2D eigenvalue weighted by atomic mass is 9.99. The molecule has 5 nitrogen and oxygen atoms in total. The number of hydrogen-bond donors (Lipinski definition) is 1. The van der Waals surface area contributed by atoms with Crippen molar-refractivity contribution in [2.75, 3.05) is 51.4 Å². The number of β-amino-alcohol motifs (C(OH)–C–C–N with tert-alkyl or cyclic N) is 1. The number of aliphatic hydroxyl groups is 1. The minimum atomic E-state index is -0.495. The molecule has 2 aliphatic rings. The maximum Gasteiger partial charge on any atom is 0.161 e. The van der Waals surface area contributed by atoms with Gasteiger partial charge in [0.1, 0.15) is 12.7 Å². The highest BCUT2D eigenvalue weighted by atomic mass is 32.2. The van der Waals surface area contributed by atoms with Gasteiger partial charge in [-0.25, -0.2) is 0 Å². The molecule has 6 heteroatoms. The topological polar surface area (TPSA) is 45.2 Å². The van der Waals surface area contributed by atoms with Crippen LogP contribution >= 0.6 is 11.8 Å². The third-order valence-electron chi connectivity index (χ3n) is 5.85. The van der Waals surface area contributed by atoms with Crippen LogP contribution in [0.15, 0.2) is 42.5 Å². The number of methoxy groups -OCH3 is 1. The molecule has 2 heterocycles. The fourth-order valence-corrected chi connectivity index (χ4v) is 5.18. The fourth-order valence-electron chi connectivity index (χ4n) is 4.20. The number of benzene rings is 2. The predicted molar refractivity (Wildman–Crippen MR) is 123 cm³/mol. The van der Waals surface area contributed by atoms with Crippen molar-refractivity contribution in [1.29, 1.82) is 0 Å². The molecule has 1 unspecified atom stereocenters. The van der Waals surface area contributed by atoms with Gasteiger partial charge >= 0.3 is 0 Å². The molecule has 2 aromatic carbocycles. The van der Waals surface area contributed by atoms with Gasteiger partial charge in [0.2, 0.25) is 0 Å². The number of fused-ring (bicyclic) bond motifs is 1. The van der Waals surface area contributed by atoms with Crippen molar-refractivity contribution in [3.8, 4) is 11.5 Å². The van der Waals surface area contributed by atoms with Crippen LogP contribution in [0.3, 0.4) is 0 Å². The standard InChI is InChI=1S/C24H32N2O3S/c1-28-24-14-19(15-26-9-8-20-4-2-3-5-21(20)16-26)6-7-23(24)29-18-22(27)17-25-10-12-30-13-11-25/h2-7,14,22,27H,8-13,15-18H2,1H3. The van der Waals surface area contributed by atoms with Crippen LogP contribution in [0.5, 0.6) is 11.5 Å². The molecule has 0 spiro atoms. The Bertz CT molecular complexity index is 826. The second kappa shape index (κ2) is 10.5. The van der Waals surface area contributed by atoms with Gasteiger partial charge in [-0.05, 0) is 35.2 Å². The number of hydrogen-bond acceptors (Lipinski definition) is 6. The van der Waals surface area contributed by atoms with Gasteiger partial charge < -0.3 is 14.6 Å². The number of ether oxygens (including phenoxy) is 2. The van der Waals surface area contributed by atoms with Gasteiger partial charge in [0.25, 0.3) is 0 Å². The van der Waals surface area contributed by atoms with E-state index < -0.39 is 6.10 Å². The average molecular weight is 429 g/mol. The average Bonchev–Trinajstić information content (AvgIpc) is 2.78. The zero-order valence-corrected chi connectivity index (χ0v) is 18.6. The molecule has 0 bridgehead atoms. The monoisotopic (exact) mass is 428 g/mol. The highest BCUT2D eigenvalue weighted by molar-refractivity contribution is 7.99. The molecular weight excluding hydrogens is 396 g/mol. The van der Waals surface area contributed by atoms with E-state index in [0.717, 1.165) is 56.4 Å². The molecule has 1 fully saturated rings. The van der Waals surface area contributed by atoms with E-state index in [9.17, 15) is 5.11 Å². The second-order valence-corrected chi connectivity index (χ2v) is 9.32. The summed E-state index contributed by atoms with van der Waals surface area (Å²) < 4.78 is 11.5. The zero-order valence-electron chi connectivity index (χ0n) is 17.8. The first-order chi connectivity index (χ1) is 14.7. The summed E-state index contributed by atoms with van der Waals surface area (Å²) >= 11 is 1.98. The van der Waals surface area contributed by atoms with Crippen LogP contribution in [0.1, 0.15) is 16.7 Å². The summed E-state index contributed by atoms with van der Waals surface area (Å²) in [5.41, 5.74) is 4.11. The van der Waals surface area contributed by atoms with Crippen molar-refractivity contribution in [3.05, 3.63) is 59.2 Å². The van der Waals surface area contributed by atoms with Gasteiger partial charge in [0.15, 0.2) is 11.5 Å². The molecule has 0 saturated carbocycles. The van der Waals surface area contributed by atoms with Crippen molar-refractivity contribution in [2.45, 2.75) is 25.6 Å². The van der Waals surface area contributed by atoms with E-state index >= 15 is 0 Å². The SMILES string of the molecule is COc1cc(CN2CCc3ccccc3C2)ccc1OCC(O)CN1CCSCC1. The van der Waals surface area contributed by atoms with E-state index in [4.69, 9.17) is 9.47 Å². The molecule has 4 rings (SSSR count). The molecular formula is C24H32N2O3S. The maximum atomic E-state index is 10.4. The number of nitrogens with zero attached hydrogens (tertiary/aromatic N) is 2. The molecule has 1 N–H and O–H groups in total. The lowest BCUT2D eigenvalue weighted by Crippen LogP contribution is -2.40. The predicted octanol–water partition coefficient (Wildman–Crippen LogP) is 3.04. The Morgan fingerprint density at radius 3 is 2.60 bits per heavy atom. The molecule has 1 atom stereocenters. The van der Waals surface area contributed by atoms with Crippen LogP contribution in [-0.4, -0.2) is 72.4 Å². The first kappa shape index (κ1) is 21.5. The van der Waals surface area contributed by atoms with E-state index in [1.54, 1.807) is 7.11 Å². The van der Waals surface area contributed by atoms with Crippen LogP contribution in [0.2, 0.25) is 0 Å². The molecule has 1 saturated heterocycles. The lowest BCUT2D eigenvalue weighted by molar-refractivity contribution is 0.0704. The Morgan fingerprint density at radius 1 is 1.00 bits per heavy atom. The van der Waals surface area contributed by atoms with E-state index in [2.05, 4.69) is 46.2 Å². The van der Waals surface area contributed by atoms with Gasteiger partial charge in [-0.1, -0.05) is 30.3 Å². The molecule has 2 aromatic rings. The van der Waals surface area contributed by atoms with Gasteiger partial charge in [0, 0.05) is 50.8 Å². The smallest absolute Gasteiger partial charge is 0.161 e. The van der Waals surface area contributed by atoms with E-state index in [1.807, 2.05) is 17.8 Å². The van der Waals surface area contributed by atoms with E-state index in [-0.39, 0.29) is 6.61 Å². The Balaban J connectivity index is 1.31. The molecule has 2 aliphatic heterocycles.